The van der Waals surface area contributed by atoms with Gasteiger partial charge in [-0.15, -0.1) is 0 Å². The van der Waals surface area contributed by atoms with Crippen molar-refractivity contribution in [1.82, 2.24) is 10.2 Å². The summed E-state index contributed by atoms with van der Waals surface area (Å²) in [5.41, 5.74) is 0.967. The van der Waals surface area contributed by atoms with E-state index in [0.29, 0.717) is 22.6 Å². The first kappa shape index (κ1) is 18.0. The highest BCUT2D eigenvalue weighted by Gasteiger charge is 2.28. The Labute approximate surface area is 154 Å². The first-order valence-electron chi connectivity index (χ1n) is 9.09. The number of amides is 1. The van der Waals surface area contributed by atoms with E-state index in [9.17, 15) is 4.79 Å². The largest absolute Gasteiger partial charge is 0.353 e. The monoisotopic (exact) mass is 368 g/mol. The molecule has 1 atom stereocenters. The lowest BCUT2D eigenvalue weighted by Gasteiger charge is -2.33. The lowest BCUT2D eigenvalue weighted by molar-refractivity contribution is -0.127. The standard InChI is InChI=1S/C19H26Cl2N2O/c20-17-9-4-10-18(21)16(17)13-23-11-5-6-14(12-23)19(24)22-15-7-2-1-3-8-15/h4,9-10,14-15H,1-3,5-8,11-13H2,(H,22,24)/t14-/m1/s1. The van der Waals surface area contributed by atoms with Crippen LogP contribution in [0.5, 0.6) is 0 Å². The molecule has 0 unspecified atom stereocenters. The van der Waals surface area contributed by atoms with E-state index in [-0.39, 0.29) is 11.8 Å². The van der Waals surface area contributed by atoms with Gasteiger partial charge in [-0.3, -0.25) is 9.69 Å². The van der Waals surface area contributed by atoms with Crippen LogP contribution in [0.2, 0.25) is 10.0 Å². The number of piperidine rings is 1. The van der Waals surface area contributed by atoms with Crippen LogP contribution >= 0.6 is 23.2 Å². The van der Waals surface area contributed by atoms with Crippen LogP contribution in [-0.2, 0) is 11.3 Å². The van der Waals surface area contributed by atoms with Gasteiger partial charge in [0.25, 0.3) is 0 Å². The van der Waals surface area contributed by atoms with E-state index in [4.69, 9.17) is 23.2 Å². The summed E-state index contributed by atoms with van der Waals surface area (Å²) in [6, 6.07) is 6.00. The van der Waals surface area contributed by atoms with Gasteiger partial charge in [0.05, 0.1) is 5.92 Å². The normalized spacial score (nSPS) is 23.2. The van der Waals surface area contributed by atoms with Crippen molar-refractivity contribution in [2.24, 2.45) is 5.92 Å². The maximum absolute atomic E-state index is 12.6. The number of benzene rings is 1. The van der Waals surface area contributed by atoms with Crippen molar-refractivity contribution < 1.29 is 4.79 Å². The number of carbonyl (C=O) groups is 1. The van der Waals surface area contributed by atoms with Crippen LogP contribution in [0.15, 0.2) is 18.2 Å². The summed E-state index contributed by atoms with van der Waals surface area (Å²) in [6.45, 7) is 2.50. The summed E-state index contributed by atoms with van der Waals surface area (Å²) in [5.74, 6) is 0.318. The Morgan fingerprint density at radius 2 is 1.79 bits per heavy atom. The summed E-state index contributed by atoms with van der Waals surface area (Å²) in [5, 5.41) is 4.69. The number of carbonyl (C=O) groups excluding carboxylic acids is 1. The lowest BCUT2D eigenvalue weighted by Crippen LogP contribution is -2.46. The summed E-state index contributed by atoms with van der Waals surface area (Å²) in [4.78, 5) is 14.9. The van der Waals surface area contributed by atoms with Gasteiger partial charge in [-0.05, 0) is 44.4 Å². The molecule has 1 aliphatic heterocycles. The molecule has 0 aromatic heterocycles. The molecule has 1 saturated heterocycles. The molecule has 1 aromatic rings. The van der Waals surface area contributed by atoms with Gasteiger partial charge in [0.2, 0.25) is 5.91 Å². The molecule has 1 saturated carbocycles. The van der Waals surface area contributed by atoms with E-state index < -0.39 is 0 Å². The Kier molecular flexibility index (Phi) is 6.43. The zero-order valence-electron chi connectivity index (χ0n) is 14.1. The van der Waals surface area contributed by atoms with E-state index in [1.807, 2.05) is 18.2 Å². The minimum absolute atomic E-state index is 0.0851. The Hall–Kier alpha value is -0.770. The highest BCUT2D eigenvalue weighted by atomic mass is 35.5. The van der Waals surface area contributed by atoms with Gasteiger partial charge in [0, 0.05) is 34.7 Å². The zero-order chi connectivity index (χ0) is 16.9. The van der Waals surface area contributed by atoms with Gasteiger partial charge >= 0.3 is 0 Å². The van der Waals surface area contributed by atoms with Crippen molar-refractivity contribution in [2.45, 2.75) is 57.5 Å². The lowest BCUT2D eigenvalue weighted by atomic mass is 9.93. The molecule has 3 rings (SSSR count). The number of hydrogen-bond acceptors (Lipinski definition) is 2. The average Bonchev–Trinajstić information content (AvgIpc) is 2.59. The number of nitrogens with zero attached hydrogens (tertiary/aromatic N) is 1. The highest BCUT2D eigenvalue weighted by Crippen LogP contribution is 2.28. The molecule has 0 radical (unpaired) electrons. The molecule has 5 heteroatoms. The van der Waals surface area contributed by atoms with E-state index in [1.165, 1.54) is 19.3 Å². The van der Waals surface area contributed by atoms with Crippen LogP contribution in [0, 0.1) is 5.92 Å². The minimum atomic E-state index is 0.0851. The van der Waals surface area contributed by atoms with Gasteiger partial charge in [0.15, 0.2) is 0 Å². The van der Waals surface area contributed by atoms with Gasteiger partial charge in [0.1, 0.15) is 0 Å². The predicted octanol–water partition coefficient (Wildman–Crippen LogP) is 4.65. The van der Waals surface area contributed by atoms with Crippen molar-refractivity contribution in [3.63, 3.8) is 0 Å². The van der Waals surface area contributed by atoms with E-state index >= 15 is 0 Å². The predicted molar refractivity (Wildman–Crippen MR) is 99.5 cm³/mol. The molecule has 2 aliphatic rings. The fourth-order valence-electron chi connectivity index (χ4n) is 3.89. The maximum atomic E-state index is 12.6. The summed E-state index contributed by atoms with van der Waals surface area (Å²) < 4.78 is 0. The van der Waals surface area contributed by atoms with Crippen molar-refractivity contribution >= 4 is 29.1 Å². The van der Waals surface area contributed by atoms with E-state index in [0.717, 1.165) is 44.3 Å². The highest BCUT2D eigenvalue weighted by molar-refractivity contribution is 6.35. The molecular weight excluding hydrogens is 343 g/mol. The van der Waals surface area contributed by atoms with Gasteiger partial charge in [-0.2, -0.15) is 0 Å². The van der Waals surface area contributed by atoms with Crippen LogP contribution in [-0.4, -0.2) is 29.9 Å². The summed E-state index contributed by atoms with van der Waals surface area (Å²) >= 11 is 12.6. The molecule has 0 spiro atoms. The molecule has 3 nitrogen and oxygen atoms in total. The van der Waals surface area contributed by atoms with Crippen LogP contribution in [0.3, 0.4) is 0 Å². The second-order valence-electron chi connectivity index (χ2n) is 7.12. The molecule has 1 aromatic carbocycles. The topological polar surface area (TPSA) is 32.3 Å². The Morgan fingerprint density at radius 3 is 2.50 bits per heavy atom. The SMILES string of the molecule is O=C(NC1CCCCC1)[C@@H]1CCCN(Cc2c(Cl)cccc2Cl)C1. The molecule has 1 aliphatic carbocycles. The van der Waals surface area contributed by atoms with E-state index in [1.54, 1.807) is 0 Å². The van der Waals surface area contributed by atoms with Gasteiger partial charge in [-0.25, -0.2) is 0 Å². The second-order valence-corrected chi connectivity index (χ2v) is 7.93. The molecule has 1 amide bonds. The molecule has 1 N–H and O–H groups in total. The number of nitrogens with one attached hydrogen (secondary N) is 1. The molecule has 1 heterocycles. The van der Waals surface area contributed by atoms with Crippen LogP contribution in [0.25, 0.3) is 0 Å². The fraction of sp³-hybridized carbons (Fsp3) is 0.632. The number of likely N-dealkylation sites (tertiary alicyclic amines) is 1. The molecular formula is C19H26Cl2N2O. The van der Waals surface area contributed by atoms with Gasteiger partial charge in [-0.1, -0.05) is 48.5 Å². The van der Waals surface area contributed by atoms with Crippen molar-refractivity contribution in [3.05, 3.63) is 33.8 Å². The van der Waals surface area contributed by atoms with Crippen LogP contribution in [0.1, 0.15) is 50.5 Å². The second kappa shape index (κ2) is 8.55. The first-order valence-corrected chi connectivity index (χ1v) is 9.84. The molecule has 0 bridgehead atoms. The minimum Gasteiger partial charge on any atom is -0.353 e. The number of rotatable bonds is 4. The third-order valence-electron chi connectivity index (χ3n) is 5.27. The zero-order valence-corrected chi connectivity index (χ0v) is 15.6. The third kappa shape index (κ3) is 4.65. The quantitative estimate of drug-likeness (QED) is 0.838. The summed E-state index contributed by atoms with van der Waals surface area (Å²) in [6.07, 6.45) is 8.09. The van der Waals surface area contributed by atoms with Crippen molar-refractivity contribution in [2.75, 3.05) is 13.1 Å². The Bertz CT molecular complexity index is 552. The van der Waals surface area contributed by atoms with Gasteiger partial charge < -0.3 is 5.32 Å². The van der Waals surface area contributed by atoms with Crippen molar-refractivity contribution in [3.8, 4) is 0 Å². The van der Waals surface area contributed by atoms with E-state index in [2.05, 4.69) is 10.2 Å². The smallest absolute Gasteiger partial charge is 0.224 e. The molecule has 2 fully saturated rings. The Balaban J connectivity index is 1.56. The average molecular weight is 369 g/mol. The fourth-order valence-corrected chi connectivity index (χ4v) is 4.40. The third-order valence-corrected chi connectivity index (χ3v) is 5.98. The number of hydrogen-bond donors (Lipinski definition) is 1. The molecule has 132 valence electrons. The van der Waals surface area contributed by atoms with Crippen molar-refractivity contribution in [1.29, 1.82) is 0 Å². The Morgan fingerprint density at radius 1 is 1.08 bits per heavy atom. The first-order chi connectivity index (χ1) is 11.6. The van der Waals surface area contributed by atoms with Crippen LogP contribution in [0.4, 0.5) is 0 Å². The number of halogens is 2. The molecule has 24 heavy (non-hydrogen) atoms. The van der Waals surface area contributed by atoms with Crippen LogP contribution < -0.4 is 5.32 Å². The maximum Gasteiger partial charge on any atom is 0.224 e. The summed E-state index contributed by atoms with van der Waals surface area (Å²) in [7, 11) is 0.